The van der Waals surface area contributed by atoms with E-state index in [0.717, 1.165) is 22.5 Å². The van der Waals surface area contributed by atoms with Crippen LogP contribution in [0, 0.1) is 6.92 Å². The molecule has 0 spiro atoms. The minimum atomic E-state index is -0.376. The van der Waals surface area contributed by atoms with Crippen LogP contribution in [0.2, 0.25) is 0 Å². The molecule has 4 rings (SSSR count). The fourth-order valence-electron chi connectivity index (χ4n) is 3.06. The van der Waals surface area contributed by atoms with Crippen LogP contribution in [0.5, 0.6) is 0 Å². The largest absolute Gasteiger partial charge is 0.465 e. The molecule has 28 heavy (non-hydrogen) atoms. The van der Waals surface area contributed by atoms with Gasteiger partial charge in [0.2, 0.25) is 5.95 Å². The molecule has 3 aromatic rings. The average molecular weight is 377 g/mol. The predicted octanol–water partition coefficient (Wildman–Crippen LogP) is 3.08. The summed E-state index contributed by atoms with van der Waals surface area (Å²) >= 11 is 0. The fraction of sp³-hybridized carbons (Fsp3) is 0.250. The summed E-state index contributed by atoms with van der Waals surface area (Å²) in [6, 6.07) is 7.22. The second-order valence-corrected chi connectivity index (χ2v) is 6.73. The van der Waals surface area contributed by atoms with Gasteiger partial charge in [-0.25, -0.2) is 14.8 Å². The first-order chi connectivity index (χ1) is 13.5. The first-order valence-corrected chi connectivity index (χ1v) is 8.89. The van der Waals surface area contributed by atoms with Crippen LogP contribution in [0.3, 0.4) is 0 Å². The van der Waals surface area contributed by atoms with E-state index in [2.05, 4.69) is 20.4 Å². The van der Waals surface area contributed by atoms with E-state index in [4.69, 9.17) is 4.74 Å². The molecule has 1 aromatic carbocycles. The van der Waals surface area contributed by atoms with Crippen molar-refractivity contribution < 1.29 is 14.3 Å². The summed E-state index contributed by atoms with van der Waals surface area (Å²) in [5.74, 6) is 0.333. The molecule has 0 amide bonds. The van der Waals surface area contributed by atoms with Crippen molar-refractivity contribution in [2.45, 2.75) is 25.8 Å². The molecular weight excluding hydrogens is 358 g/mol. The second kappa shape index (κ2) is 7.22. The molecule has 0 unspecified atom stereocenters. The summed E-state index contributed by atoms with van der Waals surface area (Å²) < 4.78 is 6.52. The minimum absolute atomic E-state index is 0.144. The molecule has 0 bridgehead atoms. The lowest BCUT2D eigenvalue weighted by molar-refractivity contribution is -0.126. The SMILES string of the molecule is COC(=O)c1ccc(-c2nc(Nc3cnn(C4CC(=O)C4)c3)ncc2C)cc1. The van der Waals surface area contributed by atoms with Gasteiger partial charge in [0.05, 0.1) is 36.3 Å². The van der Waals surface area contributed by atoms with E-state index in [1.807, 2.05) is 25.3 Å². The Morgan fingerprint density at radius 3 is 2.64 bits per heavy atom. The van der Waals surface area contributed by atoms with Crippen molar-refractivity contribution in [2.75, 3.05) is 12.4 Å². The lowest BCUT2D eigenvalue weighted by Gasteiger charge is -2.23. The van der Waals surface area contributed by atoms with Gasteiger partial charge in [0.25, 0.3) is 0 Å². The van der Waals surface area contributed by atoms with Crippen LogP contribution >= 0.6 is 0 Å². The van der Waals surface area contributed by atoms with Crippen molar-refractivity contribution >= 4 is 23.4 Å². The number of carbonyl (C=O) groups excluding carboxylic acids is 2. The Morgan fingerprint density at radius 2 is 1.96 bits per heavy atom. The number of aryl methyl sites for hydroxylation is 1. The molecule has 2 aromatic heterocycles. The molecule has 1 N–H and O–H groups in total. The van der Waals surface area contributed by atoms with Crippen LogP contribution in [-0.2, 0) is 9.53 Å². The molecule has 8 heteroatoms. The molecule has 142 valence electrons. The Balaban J connectivity index is 1.54. The number of nitrogens with one attached hydrogen (secondary N) is 1. The zero-order chi connectivity index (χ0) is 19.7. The molecule has 1 aliphatic rings. The maximum absolute atomic E-state index is 11.6. The highest BCUT2D eigenvalue weighted by Gasteiger charge is 2.28. The molecule has 0 radical (unpaired) electrons. The van der Waals surface area contributed by atoms with Gasteiger partial charge < -0.3 is 10.1 Å². The number of rotatable bonds is 5. The highest BCUT2D eigenvalue weighted by molar-refractivity contribution is 5.90. The monoisotopic (exact) mass is 377 g/mol. The Kier molecular flexibility index (Phi) is 4.60. The van der Waals surface area contributed by atoms with Crippen molar-refractivity contribution in [3.05, 3.63) is 54.0 Å². The zero-order valence-electron chi connectivity index (χ0n) is 15.5. The topological polar surface area (TPSA) is 99.0 Å². The van der Waals surface area contributed by atoms with Gasteiger partial charge in [0, 0.05) is 30.8 Å². The van der Waals surface area contributed by atoms with E-state index in [-0.39, 0.29) is 17.8 Å². The quantitative estimate of drug-likeness (QED) is 0.682. The summed E-state index contributed by atoms with van der Waals surface area (Å²) in [5, 5.41) is 7.45. The number of nitrogens with zero attached hydrogens (tertiary/aromatic N) is 4. The lowest BCUT2D eigenvalue weighted by atomic mass is 9.92. The molecule has 1 aliphatic carbocycles. The normalized spacial score (nSPS) is 13.9. The average Bonchev–Trinajstić information content (AvgIpc) is 3.14. The van der Waals surface area contributed by atoms with E-state index < -0.39 is 0 Å². The number of carbonyl (C=O) groups is 2. The van der Waals surface area contributed by atoms with Crippen molar-refractivity contribution in [2.24, 2.45) is 0 Å². The number of hydrogen-bond donors (Lipinski definition) is 1. The molecule has 8 nitrogen and oxygen atoms in total. The van der Waals surface area contributed by atoms with Crippen LogP contribution in [0.4, 0.5) is 11.6 Å². The zero-order valence-corrected chi connectivity index (χ0v) is 15.5. The number of ether oxygens (including phenoxy) is 1. The Bertz CT molecular complexity index is 1030. The number of esters is 1. The number of benzene rings is 1. The number of ketones is 1. The molecular formula is C20H19N5O3. The first-order valence-electron chi connectivity index (χ1n) is 8.89. The minimum Gasteiger partial charge on any atom is -0.465 e. The van der Waals surface area contributed by atoms with Gasteiger partial charge in [-0.1, -0.05) is 12.1 Å². The third-order valence-corrected chi connectivity index (χ3v) is 4.71. The molecule has 0 atom stereocenters. The summed E-state index contributed by atoms with van der Waals surface area (Å²) in [6.45, 7) is 1.93. The Hall–Kier alpha value is -3.55. The van der Waals surface area contributed by atoms with Crippen LogP contribution in [0.1, 0.15) is 34.8 Å². The van der Waals surface area contributed by atoms with E-state index in [0.29, 0.717) is 24.4 Å². The van der Waals surface area contributed by atoms with E-state index >= 15 is 0 Å². The van der Waals surface area contributed by atoms with Gasteiger partial charge >= 0.3 is 5.97 Å². The number of anilines is 2. The van der Waals surface area contributed by atoms with Gasteiger partial charge in [-0.05, 0) is 24.6 Å². The summed E-state index contributed by atoms with van der Waals surface area (Å²) in [7, 11) is 1.35. The fourth-order valence-corrected chi connectivity index (χ4v) is 3.06. The second-order valence-electron chi connectivity index (χ2n) is 6.73. The van der Waals surface area contributed by atoms with Crippen molar-refractivity contribution in [1.82, 2.24) is 19.7 Å². The van der Waals surface area contributed by atoms with Crippen LogP contribution < -0.4 is 5.32 Å². The predicted molar refractivity (Wildman–Crippen MR) is 102 cm³/mol. The van der Waals surface area contributed by atoms with Crippen LogP contribution in [0.15, 0.2) is 42.9 Å². The van der Waals surface area contributed by atoms with Gasteiger partial charge in [-0.15, -0.1) is 0 Å². The standard InChI is InChI=1S/C20H19N5O3/c1-12-9-21-20(23-15-10-22-25(11-15)16-7-17(26)8-16)24-18(12)13-3-5-14(6-4-13)19(27)28-2/h3-6,9-11,16H,7-8H2,1-2H3,(H,21,23,24). The van der Waals surface area contributed by atoms with Gasteiger partial charge in [0.15, 0.2) is 0 Å². The van der Waals surface area contributed by atoms with Gasteiger partial charge in [-0.2, -0.15) is 5.10 Å². The maximum atomic E-state index is 11.6. The molecule has 1 fully saturated rings. The summed E-state index contributed by atoms with van der Waals surface area (Å²) in [4.78, 5) is 31.7. The molecule has 0 saturated heterocycles. The van der Waals surface area contributed by atoms with Crippen molar-refractivity contribution in [1.29, 1.82) is 0 Å². The number of Topliss-reactive ketones (excluding diaryl/α,β-unsaturated/α-hetero) is 1. The summed E-state index contributed by atoms with van der Waals surface area (Å²) in [5.41, 5.74) is 3.80. The molecule has 0 aliphatic heterocycles. The maximum Gasteiger partial charge on any atom is 0.337 e. The number of aromatic nitrogens is 4. The summed E-state index contributed by atoms with van der Waals surface area (Å²) in [6.07, 6.45) is 6.36. The van der Waals surface area contributed by atoms with Crippen molar-refractivity contribution in [3.63, 3.8) is 0 Å². The molecule has 1 saturated carbocycles. The third kappa shape index (κ3) is 3.48. The number of hydrogen-bond acceptors (Lipinski definition) is 7. The van der Waals surface area contributed by atoms with E-state index in [9.17, 15) is 9.59 Å². The van der Waals surface area contributed by atoms with Crippen molar-refractivity contribution in [3.8, 4) is 11.3 Å². The first kappa shape index (κ1) is 17.8. The Morgan fingerprint density at radius 1 is 1.21 bits per heavy atom. The van der Waals surface area contributed by atoms with Gasteiger partial charge in [0.1, 0.15) is 5.78 Å². The highest BCUT2D eigenvalue weighted by atomic mass is 16.5. The van der Waals surface area contributed by atoms with Crippen LogP contribution in [0.25, 0.3) is 11.3 Å². The van der Waals surface area contributed by atoms with E-state index in [1.165, 1.54) is 7.11 Å². The third-order valence-electron chi connectivity index (χ3n) is 4.71. The smallest absolute Gasteiger partial charge is 0.337 e. The molecule has 2 heterocycles. The van der Waals surface area contributed by atoms with Crippen LogP contribution in [-0.4, -0.2) is 38.6 Å². The Labute approximate surface area is 161 Å². The van der Waals surface area contributed by atoms with Gasteiger partial charge in [-0.3, -0.25) is 9.48 Å². The number of methoxy groups -OCH3 is 1. The lowest BCUT2D eigenvalue weighted by Crippen LogP contribution is -2.26. The van der Waals surface area contributed by atoms with E-state index in [1.54, 1.807) is 29.2 Å². The highest BCUT2D eigenvalue weighted by Crippen LogP contribution is 2.29.